The predicted octanol–water partition coefficient (Wildman–Crippen LogP) is 3.30. The molecule has 1 aliphatic carbocycles. The summed E-state index contributed by atoms with van der Waals surface area (Å²) in [6, 6.07) is 0.534. The molecule has 2 unspecified atom stereocenters. The van der Waals surface area contributed by atoms with Gasteiger partial charge in [0.15, 0.2) is 0 Å². The fourth-order valence-electron chi connectivity index (χ4n) is 2.55. The summed E-state index contributed by atoms with van der Waals surface area (Å²) in [6.07, 6.45) is 9.33. The third-order valence-electron chi connectivity index (χ3n) is 3.63. The highest BCUT2D eigenvalue weighted by molar-refractivity contribution is 7.99. The number of nitrogens with zero attached hydrogens (tertiary/aromatic N) is 2. The molecule has 0 radical (unpaired) electrons. The van der Waals surface area contributed by atoms with Gasteiger partial charge < -0.3 is 10.6 Å². The Morgan fingerprint density at radius 1 is 1.37 bits per heavy atom. The SMILES string of the molecule is CCNc1ncc(C)c(NC2CCCCC2SC)n1. The van der Waals surface area contributed by atoms with Crippen molar-refractivity contribution < 1.29 is 0 Å². The molecule has 0 aliphatic heterocycles. The minimum atomic E-state index is 0.534. The van der Waals surface area contributed by atoms with Crippen LogP contribution >= 0.6 is 11.8 Å². The van der Waals surface area contributed by atoms with Gasteiger partial charge in [-0.3, -0.25) is 0 Å². The van der Waals surface area contributed by atoms with Crippen molar-refractivity contribution in [3.05, 3.63) is 11.8 Å². The van der Waals surface area contributed by atoms with Crippen LogP contribution in [0.1, 0.15) is 38.2 Å². The molecule has 0 bridgehead atoms. The lowest BCUT2D eigenvalue weighted by atomic mass is 9.95. The van der Waals surface area contributed by atoms with Gasteiger partial charge in [0, 0.05) is 29.6 Å². The Balaban J connectivity index is 2.10. The highest BCUT2D eigenvalue weighted by Crippen LogP contribution is 2.29. The second kappa shape index (κ2) is 6.98. The molecule has 0 spiro atoms. The van der Waals surface area contributed by atoms with Crippen LogP contribution in [-0.4, -0.2) is 34.1 Å². The first-order valence-electron chi connectivity index (χ1n) is 7.11. The highest BCUT2D eigenvalue weighted by Gasteiger charge is 2.24. The molecule has 0 amide bonds. The monoisotopic (exact) mass is 280 g/mol. The van der Waals surface area contributed by atoms with Crippen LogP contribution < -0.4 is 10.6 Å². The highest BCUT2D eigenvalue weighted by atomic mass is 32.2. The summed E-state index contributed by atoms with van der Waals surface area (Å²) in [7, 11) is 0. The molecular formula is C14H24N4S. The molecule has 1 aromatic rings. The van der Waals surface area contributed by atoms with Gasteiger partial charge in [-0.15, -0.1) is 0 Å². The van der Waals surface area contributed by atoms with Crippen LogP contribution in [0.4, 0.5) is 11.8 Å². The van der Waals surface area contributed by atoms with Crippen LogP contribution in [0.2, 0.25) is 0 Å². The maximum Gasteiger partial charge on any atom is 0.224 e. The minimum Gasteiger partial charge on any atom is -0.366 e. The van der Waals surface area contributed by atoms with Crippen LogP contribution in [0.3, 0.4) is 0 Å². The first-order chi connectivity index (χ1) is 9.24. The van der Waals surface area contributed by atoms with Gasteiger partial charge in [-0.2, -0.15) is 16.7 Å². The van der Waals surface area contributed by atoms with E-state index >= 15 is 0 Å². The lowest BCUT2D eigenvalue weighted by molar-refractivity contribution is 0.474. The van der Waals surface area contributed by atoms with Crippen molar-refractivity contribution in [2.45, 2.75) is 50.8 Å². The Labute approximate surface area is 120 Å². The van der Waals surface area contributed by atoms with Crippen LogP contribution in [0.25, 0.3) is 0 Å². The molecule has 4 nitrogen and oxygen atoms in total. The molecule has 2 atom stereocenters. The lowest BCUT2D eigenvalue weighted by Crippen LogP contribution is -2.34. The third kappa shape index (κ3) is 3.75. The molecule has 106 valence electrons. The number of rotatable bonds is 5. The van der Waals surface area contributed by atoms with Gasteiger partial charge in [-0.25, -0.2) is 4.98 Å². The summed E-state index contributed by atoms with van der Waals surface area (Å²) in [5.74, 6) is 1.70. The molecule has 1 fully saturated rings. The molecule has 2 rings (SSSR count). The number of anilines is 2. The normalized spacial score (nSPS) is 23.1. The molecule has 0 saturated heterocycles. The summed E-state index contributed by atoms with van der Waals surface area (Å²) >= 11 is 1.97. The zero-order chi connectivity index (χ0) is 13.7. The molecular weight excluding hydrogens is 256 g/mol. The second-order valence-electron chi connectivity index (χ2n) is 5.07. The molecule has 1 aromatic heterocycles. The quantitative estimate of drug-likeness (QED) is 0.866. The van der Waals surface area contributed by atoms with Crippen LogP contribution in [0.15, 0.2) is 6.20 Å². The molecule has 0 aromatic carbocycles. The van der Waals surface area contributed by atoms with Crippen molar-refractivity contribution in [2.24, 2.45) is 0 Å². The van der Waals surface area contributed by atoms with Crippen molar-refractivity contribution in [3.63, 3.8) is 0 Å². The van der Waals surface area contributed by atoms with Gasteiger partial charge in [0.05, 0.1) is 0 Å². The molecule has 1 saturated carbocycles. The lowest BCUT2D eigenvalue weighted by Gasteiger charge is -2.31. The largest absolute Gasteiger partial charge is 0.366 e. The van der Waals surface area contributed by atoms with E-state index in [1.807, 2.05) is 18.0 Å². The van der Waals surface area contributed by atoms with Crippen molar-refractivity contribution in [1.82, 2.24) is 9.97 Å². The maximum absolute atomic E-state index is 4.58. The van der Waals surface area contributed by atoms with Crippen molar-refractivity contribution in [3.8, 4) is 0 Å². The summed E-state index contributed by atoms with van der Waals surface area (Å²) in [5.41, 5.74) is 1.12. The Morgan fingerprint density at radius 3 is 2.89 bits per heavy atom. The summed E-state index contributed by atoms with van der Waals surface area (Å²) in [4.78, 5) is 8.88. The van der Waals surface area contributed by atoms with E-state index in [4.69, 9.17) is 0 Å². The zero-order valence-corrected chi connectivity index (χ0v) is 12.9. The average molecular weight is 280 g/mol. The first-order valence-corrected chi connectivity index (χ1v) is 8.40. The summed E-state index contributed by atoms with van der Waals surface area (Å²) < 4.78 is 0. The zero-order valence-electron chi connectivity index (χ0n) is 12.1. The standard InChI is InChI=1S/C14H24N4S/c1-4-15-14-16-9-10(2)13(18-14)17-11-7-5-6-8-12(11)19-3/h9,11-12H,4-8H2,1-3H3,(H2,15,16,17,18). The minimum absolute atomic E-state index is 0.534. The van der Waals surface area contributed by atoms with Gasteiger partial charge in [0.1, 0.15) is 5.82 Å². The van der Waals surface area contributed by atoms with Gasteiger partial charge in [-0.05, 0) is 32.9 Å². The third-order valence-corrected chi connectivity index (χ3v) is 4.80. The topological polar surface area (TPSA) is 49.8 Å². The number of aromatic nitrogens is 2. The van der Waals surface area contributed by atoms with Crippen LogP contribution in [0, 0.1) is 6.92 Å². The molecule has 19 heavy (non-hydrogen) atoms. The van der Waals surface area contributed by atoms with E-state index in [1.54, 1.807) is 0 Å². The van der Waals surface area contributed by atoms with Crippen molar-refractivity contribution in [2.75, 3.05) is 23.4 Å². The number of nitrogens with one attached hydrogen (secondary N) is 2. The Kier molecular flexibility index (Phi) is 5.31. The summed E-state index contributed by atoms with van der Waals surface area (Å²) in [6.45, 7) is 4.97. The Bertz CT molecular complexity index is 410. The molecule has 1 heterocycles. The van der Waals surface area contributed by atoms with Gasteiger partial charge in [0.25, 0.3) is 0 Å². The van der Waals surface area contributed by atoms with E-state index in [0.29, 0.717) is 17.2 Å². The Hall–Kier alpha value is -0.970. The van der Waals surface area contributed by atoms with E-state index in [1.165, 1.54) is 25.7 Å². The molecule has 1 aliphatic rings. The first kappa shape index (κ1) is 14.4. The number of aryl methyl sites for hydroxylation is 1. The fraction of sp³-hybridized carbons (Fsp3) is 0.714. The van der Waals surface area contributed by atoms with E-state index < -0.39 is 0 Å². The number of thioether (sulfide) groups is 1. The van der Waals surface area contributed by atoms with Gasteiger partial charge in [0.2, 0.25) is 5.95 Å². The molecule has 2 N–H and O–H groups in total. The Morgan fingerprint density at radius 2 is 2.16 bits per heavy atom. The van der Waals surface area contributed by atoms with Gasteiger partial charge >= 0.3 is 0 Å². The number of hydrogen-bond acceptors (Lipinski definition) is 5. The fourth-order valence-corrected chi connectivity index (χ4v) is 3.49. The van der Waals surface area contributed by atoms with E-state index in [9.17, 15) is 0 Å². The van der Waals surface area contributed by atoms with E-state index in [-0.39, 0.29) is 0 Å². The van der Waals surface area contributed by atoms with Crippen molar-refractivity contribution in [1.29, 1.82) is 0 Å². The average Bonchev–Trinajstić information content (AvgIpc) is 2.43. The maximum atomic E-state index is 4.58. The van der Waals surface area contributed by atoms with Crippen molar-refractivity contribution >= 4 is 23.5 Å². The number of hydrogen-bond donors (Lipinski definition) is 2. The molecule has 5 heteroatoms. The second-order valence-corrected chi connectivity index (χ2v) is 6.14. The van der Waals surface area contributed by atoms with E-state index in [0.717, 1.165) is 17.9 Å². The summed E-state index contributed by atoms with van der Waals surface area (Å²) in [5, 5.41) is 7.51. The van der Waals surface area contributed by atoms with Gasteiger partial charge in [-0.1, -0.05) is 12.8 Å². The van der Waals surface area contributed by atoms with Crippen LogP contribution in [0.5, 0.6) is 0 Å². The van der Waals surface area contributed by atoms with E-state index in [2.05, 4.69) is 40.7 Å². The van der Waals surface area contributed by atoms with Crippen LogP contribution in [-0.2, 0) is 0 Å². The smallest absolute Gasteiger partial charge is 0.224 e. The predicted molar refractivity (Wildman–Crippen MR) is 84.1 cm³/mol.